The van der Waals surface area contributed by atoms with Gasteiger partial charge in [0.05, 0.1) is 38.4 Å². The van der Waals surface area contributed by atoms with E-state index in [-0.39, 0.29) is 11.3 Å². The molecule has 0 bridgehead atoms. The van der Waals surface area contributed by atoms with Crippen molar-refractivity contribution in [3.8, 4) is 23.3 Å². The first-order chi connectivity index (χ1) is 24.4. The second-order valence-electron chi connectivity index (χ2n) is 14.0. The Morgan fingerprint density at radius 3 is 2.48 bits per heavy atom. The Hall–Kier alpha value is -4.49. The largest absolute Gasteiger partial charge is 0.493 e. The minimum absolute atomic E-state index is 0.00459. The average molecular weight is 681 g/mol. The number of nitrogens with zero attached hydrogens (tertiary/aromatic N) is 6. The van der Waals surface area contributed by atoms with Crippen molar-refractivity contribution in [3.05, 3.63) is 66.3 Å². The number of nitriles is 1. The molecule has 0 N–H and O–H groups in total. The quantitative estimate of drug-likeness (QED) is 0.187. The van der Waals surface area contributed by atoms with Crippen molar-refractivity contribution in [2.75, 3.05) is 72.0 Å². The molecule has 10 heteroatoms. The third kappa shape index (κ3) is 7.34. The molecule has 10 nitrogen and oxygen atoms in total. The predicted molar refractivity (Wildman–Crippen MR) is 197 cm³/mol. The van der Waals surface area contributed by atoms with Crippen molar-refractivity contribution >= 4 is 22.9 Å². The molecule has 3 unspecified atom stereocenters. The molecule has 2 fully saturated rings. The van der Waals surface area contributed by atoms with E-state index in [4.69, 9.17) is 24.5 Å². The zero-order valence-electron chi connectivity index (χ0n) is 30.1. The molecule has 1 aliphatic carbocycles. The van der Waals surface area contributed by atoms with E-state index in [9.17, 15) is 4.79 Å². The van der Waals surface area contributed by atoms with Crippen LogP contribution in [0.5, 0.6) is 17.2 Å². The maximum absolute atomic E-state index is 14.1. The molecule has 2 aromatic carbocycles. The van der Waals surface area contributed by atoms with Crippen LogP contribution in [0.4, 0.5) is 5.95 Å². The van der Waals surface area contributed by atoms with Crippen LogP contribution in [0.1, 0.15) is 55.8 Å². The monoisotopic (exact) mass is 680 g/mol. The smallest absolute Gasteiger partial charge is 0.254 e. The van der Waals surface area contributed by atoms with Gasteiger partial charge in [0.1, 0.15) is 0 Å². The Labute approximate surface area is 296 Å². The second-order valence-corrected chi connectivity index (χ2v) is 14.0. The van der Waals surface area contributed by atoms with Gasteiger partial charge < -0.3 is 33.5 Å². The van der Waals surface area contributed by atoms with Gasteiger partial charge in [0.2, 0.25) is 11.7 Å². The van der Waals surface area contributed by atoms with E-state index in [2.05, 4.69) is 75.9 Å². The van der Waals surface area contributed by atoms with Crippen LogP contribution in [0.25, 0.3) is 11.0 Å². The SMILES string of the molecule is COc1cc(C(=O)N2CCC(CCN3CCCN(c4nc5ccccc5n4CCCCC#N)CC3)(C3C=CC=CC3C)C2)cc(OC)c1OC. The number of amides is 1. The fraction of sp³-hybridized carbons (Fsp3) is 0.525. The number of ether oxygens (including phenoxy) is 3. The fourth-order valence-corrected chi connectivity index (χ4v) is 8.35. The first-order valence-corrected chi connectivity index (χ1v) is 18.1. The maximum Gasteiger partial charge on any atom is 0.254 e. The first-order valence-electron chi connectivity index (χ1n) is 18.1. The van der Waals surface area contributed by atoms with Gasteiger partial charge in [0, 0.05) is 51.3 Å². The van der Waals surface area contributed by atoms with Crippen molar-refractivity contribution in [2.24, 2.45) is 17.3 Å². The Morgan fingerprint density at radius 2 is 1.74 bits per heavy atom. The molecule has 0 saturated carbocycles. The van der Waals surface area contributed by atoms with Crippen LogP contribution < -0.4 is 19.1 Å². The zero-order chi connectivity index (χ0) is 35.1. The molecule has 2 saturated heterocycles. The average Bonchev–Trinajstić information content (AvgIpc) is 3.66. The summed E-state index contributed by atoms with van der Waals surface area (Å²) in [6.07, 6.45) is 14.5. The molecule has 1 aromatic heterocycles. The lowest BCUT2D eigenvalue weighted by atomic mass is 9.66. The van der Waals surface area contributed by atoms with E-state index >= 15 is 0 Å². The minimum Gasteiger partial charge on any atom is -0.493 e. The summed E-state index contributed by atoms with van der Waals surface area (Å²) in [5.74, 6) is 3.26. The van der Waals surface area contributed by atoms with Gasteiger partial charge in [-0.2, -0.15) is 5.26 Å². The summed E-state index contributed by atoms with van der Waals surface area (Å²) in [5.41, 5.74) is 2.71. The van der Waals surface area contributed by atoms with E-state index in [0.717, 1.165) is 88.4 Å². The topological polar surface area (TPSA) is 96.1 Å². The highest BCUT2D eigenvalue weighted by Gasteiger charge is 2.46. The first kappa shape index (κ1) is 35.3. The number of aromatic nitrogens is 2. The Bertz CT molecular complexity index is 1720. The molecule has 3 atom stereocenters. The summed E-state index contributed by atoms with van der Waals surface area (Å²) < 4.78 is 19.0. The van der Waals surface area contributed by atoms with E-state index in [1.54, 1.807) is 33.5 Å². The van der Waals surface area contributed by atoms with Gasteiger partial charge in [-0.15, -0.1) is 0 Å². The highest BCUT2D eigenvalue weighted by molar-refractivity contribution is 5.96. The fourth-order valence-electron chi connectivity index (χ4n) is 8.35. The highest BCUT2D eigenvalue weighted by Crippen LogP contribution is 2.47. The Balaban J connectivity index is 1.16. The van der Waals surface area contributed by atoms with Crippen molar-refractivity contribution in [2.45, 2.75) is 52.0 Å². The number of anilines is 1. The number of para-hydroxylation sites is 2. The molecule has 3 aliphatic rings. The van der Waals surface area contributed by atoms with Gasteiger partial charge in [0.25, 0.3) is 5.91 Å². The number of likely N-dealkylation sites (tertiary alicyclic amines) is 1. The van der Waals surface area contributed by atoms with Gasteiger partial charge in [-0.25, -0.2) is 4.98 Å². The number of imidazole rings is 1. The molecule has 1 amide bonds. The number of hydrogen-bond donors (Lipinski definition) is 0. The molecule has 3 aromatic rings. The van der Waals surface area contributed by atoms with Crippen LogP contribution in [0, 0.1) is 28.6 Å². The summed E-state index contributed by atoms with van der Waals surface area (Å²) in [5, 5.41) is 9.04. The number of carbonyl (C=O) groups excluding carboxylic acids is 1. The van der Waals surface area contributed by atoms with Gasteiger partial charge in [-0.1, -0.05) is 43.4 Å². The van der Waals surface area contributed by atoms with Gasteiger partial charge in [-0.3, -0.25) is 4.79 Å². The van der Waals surface area contributed by atoms with Crippen molar-refractivity contribution in [3.63, 3.8) is 0 Å². The van der Waals surface area contributed by atoms with Gasteiger partial charge >= 0.3 is 0 Å². The Morgan fingerprint density at radius 1 is 0.960 bits per heavy atom. The number of fused-ring (bicyclic) bond motifs is 1. The molecule has 0 radical (unpaired) electrons. The zero-order valence-corrected chi connectivity index (χ0v) is 30.1. The van der Waals surface area contributed by atoms with E-state index in [1.807, 2.05) is 4.90 Å². The molecular formula is C40H52N6O4. The van der Waals surface area contributed by atoms with Crippen molar-refractivity contribution < 1.29 is 19.0 Å². The van der Waals surface area contributed by atoms with Crippen LogP contribution >= 0.6 is 0 Å². The van der Waals surface area contributed by atoms with Crippen molar-refractivity contribution in [1.82, 2.24) is 19.4 Å². The molecule has 0 spiro atoms. The van der Waals surface area contributed by atoms with Crippen LogP contribution in [0.2, 0.25) is 0 Å². The lowest BCUT2D eigenvalue weighted by molar-refractivity contribution is 0.0728. The molecular weight excluding hydrogens is 628 g/mol. The highest BCUT2D eigenvalue weighted by atomic mass is 16.5. The normalized spacial score (nSPS) is 22.5. The summed E-state index contributed by atoms with van der Waals surface area (Å²) in [6, 6.07) is 14.2. The van der Waals surface area contributed by atoms with Gasteiger partial charge in [-0.05, 0) is 86.7 Å². The summed E-state index contributed by atoms with van der Waals surface area (Å²) >= 11 is 0. The third-order valence-electron chi connectivity index (χ3n) is 11.1. The van der Waals surface area contributed by atoms with E-state index in [0.29, 0.717) is 54.2 Å². The molecule has 6 rings (SSSR count). The van der Waals surface area contributed by atoms with E-state index < -0.39 is 0 Å². The molecule has 50 heavy (non-hydrogen) atoms. The van der Waals surface area contributed by atoms with Gasteiger partial charge in [0.15, 0.2) is 11.5 Å². The van der Waals surface area contributed by atoms with Crippen LogP contribution in [0.3, 0.4) is 0 Å². The van der Waals surface area contributed by atoms with E-state index in [1.165, 1.54) is 0 Å². The molecule has 2 aliphatic heterocycles. The number of carbonyl (C=O) groups is 1. The lowest BCUT2D eigenvalue weighted by Gasteiger charge is -2.41. The van der Waals surface area contributed by atoms with Crippen molar-refractivity contribution in [1.29, 1.82) is 5.26 Å². The molecule has 3 heterocycles. The third-order valence-corrected chi connectivity index (χ3v) is 11.1. The minimum atomic E-state index is -0.0274. The Kier molecular flexibility index (Phi) is 11.3. The number of methoxy groups -OCH3 is 3. The number of aryl methyl sites for hydroxylation is 1. The lowest BCUT2D eigenvalue weighted by Crippen LogP contribution is -2.42. The van der Waals surface area contributed by atoms with Crippen LogP contribution in [-0.4, -0.2) is 92.4 Å². The predicted octanol–water partition coefficient (Wildman–Crippen LogP) is 6.57. The van der Waals surface area contributed by atoms with Crippen LogP contribution in [-0.2, 0) is 6.54 Å². The number of hydrogen-bond acceptors (Lipinski definition) is 8. The standard InChI is InChI=1S/C40H52N6O4/c1-30-13-6-7-14-32(30)40(18-24-45(29-40)38(47)31-27-35(48-2)37(50-4)36(28-31)49-3)17-23-43-20-12-21-44(26-25-43)39-42-33-15-8-9-16-34(33)46(39)22-11-5-10-19-41/h6-9,13-16,27-28,30,32H,5,10-12,17-18,20-26,29H2,1-4H3. The summed E-state index contributed by atoms with van der Waals surface area (Å²) in [6.45, 7) is 9.50. The number of allylic oxidation sites excluding steroid dienone is 4. The number of unbranched alkanes of at least 4 members (excludes halogenated alkanes) is 2. The number of benzene rings is 2. The summed E-state index contributed by atoms with van der Waals surface area (Å²) in [7, 11) is 4.73. The summed E-state index contributed by atoms with van der Waals surface area (Å²) in [4.78, 5) is 26.3. The number of rotatable bonds is 13. The maximum atomic E-state index is 14.1. The van der Waals surface area contributed by atoms with Crippen LogP contribution in [0.15, 0.2) is 60.7 Å². The molecule has 266 valence electrons. The second kappa shape index (κ2) is 16.0.